The van der Waals surface area contributed by atoms with Crippen molar-refractivity contribution < 1.29 is 9.53 Å². The highest BCUT2D eigenvalue weighted by molar-refractivity contribution is 7.17. The lowest BCUT2D eigenvalue weighted by molar-refractivity contribution is 0.104. The minimum absolute atomic E-state index is 0.000927. The van der Waals surface area contributed by atoms with Gasteiger partial charge in [0.2, 0.25) is 0 Å². The van der Waals surface area contributed by atoms with E-state index in [1.54, 1.807) is 17.4 Å². The summed E-state index contributed by atoms with van der Waals surface area (Å²) in [5.41, 5.74) is 3.70. The average molecular weight is 324 g/mol. The zero-order valence-corrected chi connectivity index (χ0v) is 13.8. The van der Waals surface area contributed by atoms with E-state index in [0.29, 0.717) is 12.2 Å². The summed E-state index contributed by atoms with van der Waals surface area (Å²) in [5, 5.41) is 0. The van der Waals surface area contributed by atoms with Crippen LogP contribution in [0, 0.1) is 13.8 Å². The van der Waals surface area contributed by atoms with E-state index < -0.39 is 0 Å². The monoisotopic (exact) mass is 324 g/mol. The predicted molar refractivity (Wildman–Crippen MR) is 91.5 cm³/mol. The normalized spacial score (nSPS) is 13.7. The van der Waals surface area contributed by atoms with Crippen LogP contribution in [0.1, 0.15) is 32.2 Å². The molecular formula is C18H16N2O2S. The van der Waals surface area contributed by atoms with Crippen LogP contribution >= 0.6 is 11.3 Å². The predicted octanol–water partition coefficient (Wildman–Crippen LogP) is 3.84. The Morgan fingerprint density at radius 1 is 1.39 bits per heavy atom. The second kappa shape index (κ2) is 5.35. The topological polar surface area (TPSA) is 43.6 Å². The van der Waals surface area contributed by atoms with E-state index in [1.807, 2.05) is 35.6 Å². The first kappa shape index (κ1) is 14.2. The minimum atomic E-state index is 0.000927. The summed E-state index contributed by atoms with van der Waals surface area (Å²) >= 11 is 1.65. The van der Waals surface area contributed by atoms with E-state index >= 15 is 0 Å². The van der Waals surface area contributed by atoms with Crippen LogP contribution in [0.25, 0.3) is 11.0 Å². The molecule has 0 fully saturated rings. The van der Waals surface area contributed by atoms with Gasteiger partial charge in [-0.3, -0.25) is 9.20 Å². The van der Waals surface area contributed by atoms with Crippen LogP contribution in [0.5, 0.6) is 5.75 Å². The summed E-state index contributed by atoms with van der Waals surface area (Å²) in [6.45, 7) is 4.72. The fourth-order valence-corrected chi connectivity index (χ4v) is 3.75. The number of benzene rings is 1. The van der Waals surface area contributed by atoms with Crippen molar-refractivity contribution in [1.82, 2.24) is 9.38 Å². The molecule has 0 radical (unpaired) electrons. The molecule has 1 aromatic carbocycles. The van der Waals surface area contributed by atoms with E-state index in [-0.39, 0.29) is 5.78 Å². The van der Waals surface area contributed by atoms with Gasteiger partial charge in [0.15, 0.2) is 10.7 Å². The van der Waals surface area contributed by atoms with Gasteiger partial charge >= 0.3 is 0 Å². The van der Waals surface area contributed by atoms with Crippen LogP contribution in [-0.2, 0) is 6.42 Å². The summed E-state index contributed by atoms with van der Waals surface area (Å²) in [5.74, 6) is 0.897. The summed E-state index contributed by atoms with van der Waals surface area (Å²) in [6.07, 6.45) is 6.40. The molecule has 0 spiro atoms. The summed E-state index contributed by atoms with van der Waals surface area (Å²) in [4.78, 5) is 19.1. The number of aryl methyl sites for hydroxylation is 2. The maximum Gasteiger partial charge on any atom is 0.194 e. The average Bonchev–Trinajstić information content (AvgIpc) is 3.19. The number of thiazole rings is 1. The van der Waals surface area contributed by atoms with Gasteiger partial charge in [-0.15, -0.1) is 11.3 Å². The second-order valence-electron chi connectivity index (χ2n) is 5.70. The highest BCUT2D eigenvalue weighted by Gasteiger charge is 2.14. The summed E-state index contributed by atoms with van der Waals surface area (Å²) in [7, 11) is 0. The standard InChI is InChI=1S/C18H16N2O2S/c1-11-10-20-15(12(2)19-18(20)23-11)4-5-16(21)13-3-6-17-14(9-13)7-8-22-17/h3-6,9-10H,7-8H2,1-2H3/b5-4+. The highest BCUT2D eigenvalue weighted by Crippen LogP contribution is 2.26. The molecule has 4 nitrogen and oxygen atoms in total. The summed E-state index contributed by atoms with van der Waals surface area (Å²) in [6, 6.07) is 5.64. The van der Waals surface area contributed by atoms with Crippen LogP contribution in [0.2, 0.25) is 0 Å². The third-order valence-corrected chi connectivity index (χ3v) is 4.93. The Labute approximate surface area is 138 Å². The van der Waals surface area contributed by atoms with Crippen molar-refractivity contribution >= 4 is 28.2 Å². The first-order valence-corrected chi connectivity index (χ1v) is 8.37. The molecule has 1 aliphatic rings. The number of hydrogen-bond acceptors (Lipinski definition) is 4. The maximum absolute atomic E-state index is 12.4. The first-order valence-electron chi connectivity index (χ1n) is 7.55. The number of carbonyl (C=O) groups excluding carboxylic acids is 1. The van der Waals surface area contributed by atoms with Gasteiger partial charge < -0.3 is 4.74 Å². The lowest BCUT2D eigenvalue weighted by atomic mass is 10.0. The molecule has 116 valence electrons. The van der Waals surface area contributed by atoms with Crippen LogP contribution < -0.4 is 4.74 Å². The van der Waals surface area contributed by atoms with E-state index in [2.05, 4.69) is 18.1 Å². The zero-order valence-electron chi connectivity index (χ0n) is 13.0. The number of fused-ring (bicyclic) bond motifs is 2. The van der Waals surface area contributed by atoms with Crippen LogP contribution in [0.15, 0.2) is 30.5 Å². The molecule has 0 N–H and O–H groups in total. The molecule has 2 aromatic heterocycles. The number of carbonyl (C=O) groups is 1. The fraction of sp³-hybridized carbons (Fsp3) is 0.222. The zero-order chi connectivity index (χ0) is 16.0. The van der Waals surface area contributed by atoms with Gasteiger partial charge in [0.1, 0.15) is 5.75 Å². The molecule has 0 bridgehead atoms. The largest absolute Gasteiger partial charge is 0.493 e. The van der Waals surface area contributed by atoms with Crippen LogP contribution in [-0.4, -0.2) is 21.8 Å². The van der Waals surface area contributed by atoms with Gasteiger partial charge in [-0.25, -0.2) is 4.98 Å². The van der Waals surface area contributed by atoms with E-state index in [9.17, 15) is 4.79 Å². The quantitative estimate of drug-likeness (QED) is 0.543. The lowest BCUT2D eigenvalue weighted by Crippen LogP contribution is -1.95. The van der Waals surface area contributed by atoms with Crippen LogP contribution in [0.4, 0.5) is 0 Å². The fourth-order valence-electron chi connectivity index (χ4n) is 2.87. The van der Waals surface area contributed by atoms with Crippen molar-refractivity contribution in [1.29, 1.82) is 0 Å². The molecule has 0 unspecified atom stereocenters. The van der Waals surface area contributed by atoms with Gasteiger partial charge in [-0.2, -0.15) is 0 Å². The molecule has 23 heavy (non-hydrogen) atoms. The maximum atomic E-state index is 12.4. The number of ketones is 1. The Balaban J connectivity index is 1.64. The van der Waals surface area contributed by atoms with E-state index in [4.69, 9.17) is 4.74 Å². The number of ether oxygens (including phenoxy) is 1. The van der Waals surface area contributed by atoms with Crippen molar-refractivity contribution in [2.75, 3.05) is 6.61 Å². The molecule has 0 saturated heterocycles. The number of imidazole rings is 1. The third kappa shape index (κ3) is 2.47. The number of nitrogens with zero attached hydrogens (tertiary/aromatic N) is 2. The van der Waals surface area contributed by atoms with Crippen molar-refractivity contribution in [2.45, 2.75) is 20.3 Å². The lowest BCUT2D eigenvalue weighted by Gasteiger charge is -2.01. The molecule has 0 amide bonds. The molecule has 0 saturated carbocycles. The molecule has 0 atom stereocenters. The Kier molecular flexibility index (Phi) is 3.31. The Morgan fingerprint density at radius 3 is 3.13 bits per heavy atom. The Bertz CT molecular complexity index is 949. The van der Waals surface area contributed by atoms with Crippen molar-refractivity contribution in [3.05, 3.63) is 57.9 Å². The van der Waals surface area contributed by atoms with Gasteiger partial charge in [0.05, 0.1) is 18.0 Å². The number of hydrogen-bond donors (Lipinski definition) is 0. The molecular weight excluding hydrogens is 308 g/mol. The molecule has 5 heteroatoms. The number of allylic oxidation sites excluding steroid dienone is 1. The van der Waals surface area contributed by atoms with Crippen molar-refractivity contribution in [2.24, 2.45) is 0 Å². The molecule has 3 aromatic rings. The molecule has 4 rings (SSSR count). The number of rotatable bonds is 3. The summed E-state index contributed by atoms with van der Waals surface area (Å²) < 4.78 is 7.52. The van der Waals surface area contributed by atoms with Gasteiger partial charge in [-0.1, -0.05) is 0 Å². The molecule has 0 aliphatic carbocycles. The minimum Gasteiger partial charge on any atom is -0.493 e. The molecule has 1 aliphatic heterocycles. The Morgan fingerprint density at radius 2 is 2.26 bits per heavy atom. The van der Waals surface area contributed by atoms with Gasteiger partial charge in [0.25, 0.3) is 0 Å². The van der Waals surface area contributed by atoms with Crippen molar-refractivity contribution in [3.8, 4) is 5.75 Å². The van der Waals surface area contributed by atoms with Gasteiger partial charge in [-0.05, 0) is 49.8 Å². The van der Waals surface area contributed by atoms with Crippen molar-refractivity contribution in [3.63, 3.8) is 0 Å². The first-order chi connectivity index (χ1) is 11.1. The SMILES string of the molecule is Cc1cn2c(/C=C/C(=O)c3ccc4c(c3)CCO4)c(C)nc2s1. The third-order valence-electron chi connectivity index (χ3n) is 4.03. The van der Waals surface area contributed by atoms with E-state index in [0.717, 1.165) is 34.1 Å². The highest BCUT2D eigenvalue weighted by atomic mass is 32.1. The van der Waals surface area contributed by atoms with Gasteiger partial charge in [0, 0.05) is 23.1 Å². The second-order valence-corrected chi connectivity index (χ2v) is 6.91. The molecule has 3 heterocycles. The Hall–Kier alpha value is -2.40. The van der Waals surface area contributed by atoms with Crippen LogP contribution in [0.3, 0.4) is 0 Å². The smallest absolute Gasteiger partial charge is 0.194 e. The number of aromatic nitrogens is 2. The van der Waals surface area contributed by atoms with E-state index in [1.165, 1.54) is 4.88 Å².